The average molecular weight is 217 g/mol. The van der Waals surface area contributed by atoms with Crippen LogP contribution in [-0.2, 0) is 6.42 Å². The van der Waals surface area contributed by atoms with Gasteiger partial charge in [-0.3, -0.25) is 4.98 Å². The fraction of sp³-hybridized carbons (Fsp3) is 0.333. The summed E-state index contributed by atoms with van der Waals surface area (Å²) < 4.78 is 25.1. The number of pyridine rings is 1. The largest absolute Gasteiger partial charge is 0.267 e. The first kappa shape index (κ1) is 10.9. The SMILES string of the molecule is Cc1cnc(CC#N)c(C(F)F)c1Cl. The molecule has 0 aliphatic rings. The van der Waals surface area contributed by atoms with E-state index in [2.05, 4.69) is 4.98 Å². The number of hydrogen-bond donors (Lipinski definition) is 0. The Bertz CT molecular complexity index is 385. The molecule has 74 valence electrons. The van der Waals surface area contributed by atoms with Crippen LogP contribution < -0.4 is 0 Å². The van der Waals surface area contributed by atoms with Gasteiger partial charge in [-0.1, -0.05) is 11.6 Å². The number of hydrogen-bond acceptors (Lipinski definition) is 2. The number of alkyl halides is 2. The van der Waals surface area contributed by atoms with Crippen molar-refractivity contribution in [2.24, 2.45) is 0 Å². The van der Waals surface area contributed by atoms with Gasteiger partial charge in [-0.15, -0.1) is 0 Å². The van der Waals surface area contributed by atoms with Crippen LogP contribution >= 0.6 is 11.6 Å². The molecule has 14 heavy (non-hydrogen) atoms. The van der Waals surface area contributed by atoms with Crippen LogP contribution in [0.1, 0.15) is 23.2 Å². The van der Waals surface area contributed by atoms with E-state index in [4.69, 9.17) is 16.9 Å². The van der Waals surface area contributed by atoms with Crippen molar-refractivity contribution in [2.75, 3.05) is 0 Å². The molecule has 1 heterocycles. The Morgan fingerprint density at radius 1 is 1.64 bits per heavy atom. The van der Waals surface area contributed by atoms with E-state index < -0.39 is 6.43 Å². The van der Waals surface area contributed by atoms with Gasteiger partial charge >= 0.3 is 0 Å². The minimum absolute atomic E-state index is 0.000231. The standard InChI is InChI=1S/C9H7ClF2N2/c1-5-4-14-6(2-3-13)7(8(5)10)9(11)12/h4,9H,2H2,1H3. The molecule has 2 nitrogen and oxygen atoms in total. The maximum Gasteiger partial charge on any atom is 0.267 e. The topological polar surface area (TPSA) is 36.7 Å². The summed E-state index contributed by atoms with van der Waals surface area (Å²) in [7, 11) is 0. The van der Waals surface area contributed by atoms with Crippen LogP contribution in [0, 0.1) is 18.3 Å². The van der Waals surface area contributed by atoms with E-state index in [9.17, 15) is 8.78 Å². The lowest BCUT2D eigenvalue weighted by atomic mass is 10.1. The summed E-state index contributed by atoms with van der Waals surface area (Å²) in [6.45, 7) is 1.59. The number of aromatic nitrogens is 1. The number of aryl methyl sites for hydroxylation is 1. The van der Waals surface area contributed by atoms with Crippen molar-refractivity contribution in [3.63, 3.8) is 0 Å². The Balaban J connectivity index is 3.31. The fourth-order valence-corrected chi connectivity index (χ4v) is 1.32. The van der Waals surface area contributed by atoms with Crippen molar-refractivity contribution < 1.29 is 8.78 Å². The predicted molar refractivity (Wildman–Crippen MR) is 48.3 cm³/mol. The van der Waals surface area contributed by atoms with Crippen LogP contribution in [-0.4, -0.2) is 4.98 Å². The highest BCUT2D eigenvalue weighted by atomic mass is 35.5. The van der Waals surface area contributed by atoms with E-state index in [1.54, 1.807) is 13.0 Å². The van der Waals surface area contributed by atoms with Gasteiger partial charge < -0.3 is 0 Å². The number of halogens is 3. The molecule has 0 amide bonds. The Morgan fingerprint density at radius 3 is 2.79 bits per heavy atom. The number of nitriles is 1. The molecule has 0 bridgehead atoms. The van der Waals surface area contributed by atoms with Gasteiger partial charge in [-0.25, -0.2) is 8.78 Å². The zero-order valence-corrected chi connectivity index (χ0v) is 8.15. The number of rotatable bonds is 2. The second-order valence-electron chi connectivity index (χ2n) is 2.75. The molecule has 0 N–H and O–H groups in total. The van der Waals surface area contributed by atoms with Gasteiger partial charge in [-0.05, 0) is 12.5 Å². The number of nitrogens with zero attached hydrogens (tertiary/aromatic N) is 2. The average Bonchev–Trinajstić information content (AvgIpc) is 2.11. The van der Waals surface area contributed by atoms with E-state index >= 15 is 0 Å². The second kappa shape index (κ2) is 4.34. The van der Waals surface area contributed by atoms with Gasteiger partial charge in [0.1, 0.15) is 0 Å². The second-order valence-corrected chi connectivity index (χ2v) is 3.13. The molecule has 1 rings (SSSR count). The third-order valence-electron chi connectivity index (χ3n) is 1.77. The van der Waals surface area contributed by atoms with Crippen molar-refractivity contribution >= 4 is 11.6 Å². The van der Waals surface area contributed by atoms with Crippen LogP contribution in [0.5, 0.6) is 0 Å². The van der Waals surface area contributed by atoms with E-state index in [0.717, 1.165) is 0 Å². The fourth-order valence-electron chi connectivity index (χ4n) is 1.08. The zero-order chi connectivity index (χ0) is 10.7. The Labute approximate surface area is 85.1 Å². The van der Waals surface area contributed by atoms with Crippen LogP contribution in [0.15, 0.2) is 6.20 Å². The van der Waals surface area contributed by atoms with Crippen LogP contribution in [0.4, 0.5) is 8.78 Å². The molecule has 0 atom stereocenters. The Kier molecular flexibility index (Phi) is 3.37. The van der Waals surface area contributed by atoms with Gasteiger partial charge in [0, 0.05) is 6.20 Å². The van der Waals surface area contributed by atoms with Crippen molar-refractivity contribution in [1.82, 2.24) is 4.98 Å². The minimum Gasteiger partial charge on any atom is -0.259 e. The first-order chi connectivity index (χ1) is 6.57. The smallest absolute Gasteiger partial charge is 0.259 e. The van der Waals surface area contributed by atoms with Crippen LogP contribution in [0.2, 0.25) is 5.02 Å². The summed E-state index contributed by atoms with van der Waals surface area (Å²) in [5.41, 5.74) is 0.218. The summed E-state index contributed by atoms with van der Waals surface area (Å²) in [5, 5.41) is 8.41. The summed E-state index contributed by atoms with van der Waals surface area (Å²) in [6, 6.07) is 1.77. The molecular weight excluding hydrogens is 210 g/mol. The lowest BCUT2D eigenvalue weighted by molar-refractivity contribution is 0.150. The van der Waals surface area contributed by atoms with Crippen molar-refractivity contribution in [3.05, 3.63) is 28.0 Å². The minimum atomic E-state index is -2.70. The molecule has 1 aromatic heterocycles. The molecule has 0 aliphatic heterocycles. The van der Waals surface area contributed by atoms with Gasteiger partial charge in [0.05, 0.1) is 28.8 Å². The maximum atomic E-state index is 12.6. The monoisotopic (exact) mass is 216 g/mol. The summed E-state index contributed by atoms with van der Waals surface area (Å²) in [6.07, 6.45) is -1.46. The van der Waals surface area contributed by atoms with Gasteiger partial charge in [0.2, 0.25) is 0 Å². The Hall–Kier alpha value is -1.21. The van der Waals surface area contributed by atoms with Gasteiger partial charge in [-0.2, -0.15) is 5.26 Å². The predicted octanol–water partition coefficient (Wildman–Crippen LogP) is 3.05. The molecular formula is C9H7ClF2N2. The normalized spacial score (nSPS) is 10.3. The summed E-state index contributed by atoms with van der Waals surface area (Å²) >= 11 is 5.70. The van der Waals surface area contributed by atoms with Crippen molar-refractivity contribution in [1.29, 1.82) is 5.26 Å². The molecule has 5 heteroatoms. The third kappa shape index (κ3) is 1.99. The molecule has 0 spiro atoms. The zero-order valence-electron chi connectivity index (χ0n) is 7.39. The first-order valence-electron chi connectivity index (χ1n) is 3.87. The molecule has 1 aromatic rings. The van der Waals surface area contributed by atoms with Crippen LogP contribution in [0.25, 0.3) is 0 Å². The molecule has 0 fully saturated rings. The highest BCUT2D eigenvalue weighted by Crippen LogP contribution is 2.31. The van der Waals surface area contributed by atoms with Gasteiger partial charge in [0.25, 0.3) is 6.43 Å². The van der Waals surface area contributed by atoms with E-state index in [-0.39, 0.29) is 22.7 Å². The lowest BCUT2D eigenvalue weighted by Gasteiger charge is -2.09. The molecule has 0 aromatic carbocycles. The third-order valence-corrected chi connectivity index (χ3v) is 2.27. The summed E-state index contributed by atoms with van der Waals surface area (Å²) in [4.78, 5) is 3.76. The maximum absolute atomic E-state index is 12.6. The van der Waals surface area contributed by atoms with E-state index in [1.807, 2.05) is 0 Å². The van der Waals surface area contributed by atoms with Gasteiger partial charge in [0.15, 0.2) is 0 Å². The molecule has 0 radical (unpaired) electrons. The molecule has 0 aliphatic carbocycles. The molecule has 0 saturated heterocycles. The van der Waals surface area contributed by atoms with Crippen LogP contribution in [0.3, 0.4) is 0 Å². The Morgan fingerprint density at radius 2 is 2.29 bits per heavy atom. The van der Waals surface area contributed by atoms with Crippen molar-refractivity contribution in [2.45, 2.75) is 19.8 Å². The molecule has 0 saturated carbocycles. The quantitative estimate of drug-likeness (QED) is 0.762. The summed E-state index contributed by atoms with van der Waals surface area (Å²) in [5.74, 6) is 0. The first-order valence-corrected chi connectivity index (χ1v) is 4.24. The van der Waals surface area contributed by atoms with E-state index in [1.165, 1.54) is 6.20 Å². The highest BCUT2D eigenvalue weighted by molar-refractivity contribution is 6.32. The molecule has 0 unspecified atom stereocenters. The van der Waals surface area contributed by atoms with Crippen molar-refractivity contribution in [3.8, 4) is 6.07 Å². The lowest BCUT2D eigenvalue weighted by Crippen LogP contribution is -2.00. The van der Waals surface area contributed by atoms with E-state index in [0.29, 0.717) is 5.56 Å². The highest BCUT2D eigenvalue weighted by Gasteiger charge is 2.19.